The third-order valence-corrected chi connectivity index (χ3v) is 4.24. The van der Waals surface area contributed by atoms with Gasteiger partial charge in [0, 0.05) is 19.0 Å². The normalized spacial score (nSPS) is 10.8. The summed E-state index contributed by atoms with van der Waals surface area (Å²) < 4.78 is 7.08. The standard InChI is InChI=1S/C21H23N5O2/c1-16-6-8-18(9-7-16)26-20(13-17(2)24-26)23-21(27)15-25(11-4-10-22)14-19-5-3-12-28-19/h3,5-9,12-13H,4,11,14-15H2,1-2H3,(H,23,27). The number of aromatic nitrogens is 2. The van der Waals surface area contributed by atoms with Gasteiger partial charge in [-0.05, 0) is 38.1 Å². The fraction of sp³-hybridized carbons (Fsp3) is 0.286. The molecular formula is C21H23N5O2. The van der Waals surface area contributed by atoms with Crippen LogP contribution in [-0.2, 0) is 11.3 Å². The van der Waals surface area contributed by atoms with Crippen molar-refractivity contribution in [2.45, 2.75) is 26.8 Å². The minimum atomic E-state index is -0.169. The van der Waals surface area contributed by atoms with E-state index in [9.17, 15) is 4.79 Å². The minimum absolute atomic E-state index is 0.153. The van der Waals surface area contributed by atoms with Crippen molar-refractivity contribution in [3.8, 4) is 11.8 Å². The highest BCUT2D eigenvalue weighted by molar-refractivity contribution is 5.91. The first-order chi connectivity index (χ1) is 13.5. The lowest BCUT2D eigenvalue weighted by molar-refractivity contribution is -0.117. The number of hydrogen-bond donors (Lipinski definition) is 1. The fourth-order valence-electron chi connectivity index (χ4n) is 2.90. The van der Waals surface area contributed by atoms with Gasteiger partial charge in [0.1, 0.15) is 11.6 Å². The molecule has 0 fully saturated rings. The molecule has 0 spiro atoms. The molecule has 3 rings (SSSR count). The van der Waals surface area contributed by atoms with Crippen molar-refractivity contribution in [3.05, 3.63) is 65.7 Å². The van der Waals surface area contributed by atoms with E-state index in [4.69, 9.17) is 9.68 Å². The molecule has 0 saturated heterocycles. The zero-order chi connectivity index (χ0) is 19.9. The maximum atomic E-state index is 12.7. The molecule has 28 heavy (non-hydrogen) atoms. The second kappa shape index (κ2) is 9.02. The topological polar surface area (TPSA) is 87.1 Å². The molecule has 7 heteroatoms. The molecule has 0 aliphatic carbocycles. The van der Waals surface area contributed by atoms with E-state index < -0.39 is 0 Å². The summed E-state index contributed by atoms with van der Waals surface area (Å²) in [5.41, 5.74) is 2.85. The second-order valence-corrected chi connectivity index (χ2v) is 6.66. The van der Waals surface area contributed by atoms with Gasteiger partial charge in [0.05, 0.1) is 36.8 Å². The molecule has 7 nitrogen and oxygen atoms in total. The van der Waals surface area contributed by atoms with Crippen molar-refractivity contribution in [2.75, 3.05) is 18.4 Å². The van der Waals surface area contributed by atoms with Crippen molar-refractivity contribution < 1.29 is 9.21 Å². The molecule has 0 aliphatic rings. The average Bonchev–Trinajstić information content (AvgIpc) is 3.30. The predicted molar refractivity (Wildman–Crippen MR) is 106 cm³/mol. The van der Waals surface area contributed by atoms with E-state index in [2.05, 4.69) is 16.5 Å². The van der Waals surface area contributed by atoms with Crippen LogP contribution in [0, 0.1) is 25.2 Å². The number of hydrogen-bond acceptors (Lipinski definition) is 5. The van der Waals surface area contributed by atoms with E-state index in [0.29, 0.717) is 25.3 Å². The molecule has 144 valence electrons. The monoisotopic (exact) mass is 377 g/mol. The Kier molecular flexibility index (Phi) is 6.25. The number of carbonyl (C=O) groups excluding carboxylic acids is 1. The van der Waals surface area contributed by atoms with E-state index in [1.54, 1.807) is 17.0 Å². The number of furan rings is 1. The average molecular weight is 377 g/mol. The van der Waals surface area contributed by atoms with Gasteiger partial charge in [0.25, 0.3) is 0 Å². The molecule has 2 heterocycles. The predicted octanol–water partition coefficient (Wildman–Crippen LogP) is 3.44. The summed E-state index contributed by atoms with van der Waals surface area (Å²) in [5, 5.41) is 16.3. The van der Waals surface area contributed by atoms with Crippen molar-refractivity contribution >= 4 is 11.7 Å². The number of carbonyl (C=O) groups is 1. The summed E-state index contributed by atoms with van der Waals surface area (Å²) in [6.45, 7) is 5.02. The van der Waals surface area contributed by atoms with Gasteiger partial charge in [-0.25, -0.2) is 4.68 Å². The summed E-state index contributed by atoms with van der Waals surface area (Å²) >= 11 is 0. The van der Waals surface area contributed by atoms with Gasteiger partial charge < -0.3 is 9.73 Å². The molecule has 1 N–H and O–H groups in total. The zero-order valence-electron chi connectivity index (χ0n) is 16.1. The van der Waals surface area contributed by atoms with Gasteiger partial charge in [0.2, 0.25) is 5.91 Å². The maximum Gasteiger partial charge on any atom is 0.239 e. The number of nitrogens with zero attached hydrogens (tertiary/aromatic N) is 4. The van der Waals surface area contributed by atoms with Crippen LogP contribution in [-0.4, -0.2) is 33.7 Å². The molecule has 0 atom stereocenters. The van der Waals surface area contributed by atoms with E-state index in [-0.39, 0.29) is 12.5 Å². The number of nitrogens with one attached hydrogen (secondary N) is 1. The summed E-state index contributed by atoms with van der Waals surface area (Å²) in [7, 11) is 0. The Morgan fingerprint density at radius 2 is 2.07 bits per heavy atom. The summed E-state index contributed by atoms with van der Waals surface area (Å²) in [6, 6.07) is 15.6. The summed E-state index contributed by atoms with van der Waals surface area (Å²) in [5.74, 6) is 1.20. The third-order valence-electron chi connectivity index (χ3n) is 4.24. The number of benzene rings is 1. The fourth-order valence-corrected chi connectivity index (χ4v) is 2.90. The Morgan fingerprint density at radius 1 is 1.29 bits per heavy atom. The Balaban J connectivity index is 1.71. The van der Waals surface area contributed by atoms with Gasteiger partial charge in [-0.1, -0.05) is 17.7 Å². The van der Waals surface area contributed by atoms with Crippen molar-refractivity contribution in [3.63, 3.8) is 0 Å². The van der Waals surface area contributed by atoms with Crippen LogP contribution in [0.3, 0.4) is 0 Å². The summed E-state index contributed by atoms with van der Waals surface area (Å²) in [4.78, 5) is 14.5. The van der Waals surface area contributed by atoms with Gasteiger partial charge >= 0.3 is 0 Å². The Hall–Kier alpha value is -3.37. The van der Waals surface area contributed by atoms with Crippen molar-refractivity contribution in [1.82, 2.24) is 14.7 Å². The quantitative estimate of drug-likeness (QED) is 0.650. The van der Waals surface area contributed by atoms with E-state index in [1.165, 1.54) is 0 Å². The van der Waals surface area contributed by atoms with Gasteiger partial charge in [-0.3, -0.25) is 9.69 Å². The van der Waals surface area contributed by atoms with Crippen LogP contribution in [0.2, 0.25) is 0 Å². The first kappa shape index (κ1) is 19.4. The smallest absolute Gasteiger partial charge is 0.239 e. The molecule has 2 aromatic heterocycles. The number of amides is 1. The minimum Gasteiger partial charge on any atom is -0.468 e. The number of nitriles is 1. The highest BCUT2D eigenvalue weighted by Crippen LogP contribution is 2.18. The largest absolute Gasteiger partial charge is 0.468 e. The lowest BCUT2D eigenvalue weighted by Crippen LogP contribution is -2.34. The molecule has 0 bridgehead atoms. The maximum absolute atomic E-state index is 12.7. The Labute approximate surface area is 164 Å². The highest BCUT2D eigenvalue weighted by atomic mass is 16.3. The van der Waals surface area contributed by atoms with Gasteiger partial charge in [-0.2, -0.15) is 10.4 Å². The van der Waals surface area contributed by atoms with Crippen LogP contribution < -0.4 is 5.32 Å². The van der Waals surface area contributed by atoms with Crippen molar-refractivity contribution in [2.24, 2.45) is 0 Å². The second-order valence-electron chi connectivity index (χ2n) is 6.66. The SMILES string of the molecule is Cc1ccc(-n2nc(C)cc2NC(=O)CN(CCC#N)Cc2ccco2)cc1. The lowest BCUT2D eigenvalue weighted by atomic mass is 10.2. The molecule has 3 aromatic rings. The van der Waals surface area contributed by atoms with Crippen LogP contribution in [0.4, 0.5) is 5.82 Å². The molecule has 0 saturated carbocycles. The molecule has 1 amide bonds. The first-order valence-corrected chi connectivity index (χ1v) is 9.10. The number of rotatable bonds is 8. The zero-order valence-corrected chi connectivity index (χ0v) is 16.1. The Bertz CT molecular complexity index is 952. The van der Waals surface area contributed by atoms with E-state index >= 15 is 0 Å². The summed E-state index contributed by atoms with van der Waals surface area (Å²) in [6.07, 6.45) is 1.94. The van der Waals surface area contributed by atoms with Crippen LogP contribution in [0.25, 0.3) is 5.69 Å². The number of anilines is 1. The first-order valence-electron chi connectivity index (χ1n) is 9.10. The molecule has 0 unspecified atom stereocenters. The molecular weight excluding hydrogens is 354 g/mol. The van der Waals surface area contributed by atoms with Crippen LogP contribution in [0.5, 0.6) is 0 Å². The molecule has 0 aliphatic heterocycles. The Morgan fingerprint density at radius 3 is 2.75 bits per heavy atom. The van der Waals surface area contributed by atoms with E-state index in [0.717, 1.165) is 22.7 Å². The molecule has 0 radical (unpaired) electrons. The van der Waals surface area contributed by atoms with Crippen LogP contribution in [0.15, 0.2) is 53.1 Å². The van der Waals surface area contributed by atoms with E-state index in [1.807, 2.05) is 55.1 Å². The van der Waals surface area contributed by atoms with Gasteiger partial charge in [0.15, 0.2) is 0 Å². The molecule has 1 aromatic carbocycles. The van der Waals surface area contributed by atoms with Crippen LogP contribution in [0.1, 0.15) is 23.4 Å². The van der Waals surface area contributed by atoms with Gasteiger partial charge in [-0.15, -0.1) is 0 Å². The third kappa shape index (κ3) is 5.09. The highest BCUT2D eigenvalue weighted by Gasteiger charge is 2.15. The van der Waals surface area contributed by atoms with Crippen molar-refractivity contribution in [1.29, 1.82) is 5.26 Å². The lowest BCUT2D eigenvalue weighted by Gasteiger charge is -2.19. The van der Waals surface area contributed by atoms with Crippen LogP contribution >= 0.6 is 0 Å². The number of aryl methyl sites for hydroxylation is 2.